The Balaban J connectivity index is 1.96. The maximum absolute atomic E-state index is 13.3. The molecule has 2 N–H and O–H groups in total. The lowest BCUT2D eigenvalue weighted by Crippen LogP contribution is -2.45. The van der Waals surface area contributed by atoms with E-state index in [2.05, 4.69) is 0 Å². The van der Waals surface area contributed by atoms with Crippen LogP contribution in [-0.2, 0) is 4.74 Å². The summed E-state index contributed by atoms with van der Waals surface area (Å²) in [6.45, 7) is 0. The molecule has 0 fully saturated rings. The summed E-state index contributed by atoms with van der Waals surface area (Å²) in [7, 11) is 1.49. The van der Waals surface area contributed by atoms with Gasteiger partial charge in [0.15, 0.2) is 5.78 Å². The normalized spacial score (nSPS) is 18.0. The average Bonchev–Trinajstić information content (AvgIpc) is 2.79. The van der Waals surface area contributed by atoms with Crippen LogP contribution in [0.15, 0.2) is 103 Å². The number of carbonyl (C=O) groups excluding carboxylic acids is 1. The molecule has 0 heterocycles. The number of allylic oxidation sites excluding steroid dienone is 1. The van der Waals surface area contributed by atoms with Crippen molar-refractivity contribution in [2.45, 2.75) is 5.79 Å². The van der Waals surface area contributed by atoms with Gasteiger partial charge in [0.25, 0.3) is 0 Å². The lowest BCUT2D eigenvalue weighted by atomic mass is 9.75. The number of methoxy groups -OCH3 is 1. The molecule has 4 nitrogen and oxygen atoms in total. The molecule has 4 rings (SSSR count). The van der Waals surface area contributed by atoms with Crippen molar-refractivity contribution in [3.05, 3.63) is 120 Å². The molecule has 150 valence electrons. The third-order valence-electron chi connectivity index (χ3n) is 5.30. The smallest absolute Gasteiger partial charge is 0.208 e. The quantitative estimate of drug-likeness (QED) is 0.496. The first-order valence-corrected chi connectivity index (χ1v) is 9.70. The molecule has 3 aromatic rings. The van der Waals surface area contributed by atoms with Crippen molar-refractivity contribution in [3.63, 3.8) is 0 Å². The van der Waals surface area contributed by atoms with E-state index in [1.165, 1.54) is 7.11 Å². The van der Waals surface area contributed by atoms with Crippen molar-refractivity contribution in [1.82, 2.24) is 0 Å². The van der Waals surface area contributed by atoms with E-state index in [-0.39, 0.29) is 11.4 Å². The number of ketones is 1. The predicted molar refractivity (Wildman–Crippen MR) is 116 cm³/mol. The van der Waals surface area contributed by atoms with Crippen LogP contribution in [0.3, 0.4) is 0 Å². The van der Waals surface area contributed by atoms with Gasteiger partial charge in [0.2, 0.25) is 5.79 Å². The second-order valence-corrected chi connectivity index (χ2v) is 7.15. The number of hydrogen-bond acceptors (Lipinski definition) is 4. The molecular weight excluding hydrogens is 376 g/mol. The topological polar surface area (TPSA) is 66.8 Å². The van der Waals surface area contributed by atoms with Crippen LogP contribution in [0.5, 0.6) is 0 Å². The van der Waals surface area contributed by atoms with Gasteiger partial charge in [-0.3, -0.25) is 4.79 Å². The molecule has 1 unspecified atom stereocenters. The fraction of sp³-hybridized carbons (Fsp3) is 0.115. The zero-order valence-electron chi connectivity index (χ0n) is 16.5. The highest BCUT2D eigenvalue weighted by Crippen LogP contribution is 2.45. The summed E-state index contributed by atoms with van der Waals surface area (Å²) in [5, 5.41) is 22.6. The number of carbonyl (C=O) groups is 1. The monoisotopic (exact) mass is 398 g/mol. The van der Waals surface area contributed by atoms with Crippen molar-refractivity contribution in [3.8, 4) is 0 Å². The third-order valence-corrected chi connectivity index (χ3v) is 5.30. The number of ether oxygens (including phenoxy) is 1. The van der Waals surface area contributed by atoms with Crippen LogP contribution in [0.2, 0.25) is 0 Å². The number of aliphatic hydroxyl groups is 2. The Morgan fingerprint density at radius 3 is 1.83 bits per heavy atom. The van der Waals surface area contributed by atoms with Gasteiger partial charge in [0, 0.05) is 11.1 Å². The van der Waals surface area contributed by atoms with Crippen LogP contribution in [0.4, 0.5) is 0 Å². The lowest BCUT2D eigenvalue weighted by molar-refractivity contribution is -0.128. The SMILES string of the molecule is COC1=C(c2ccccc2)C(O)(O)C(C(=O)c2ccccc2)C=C1c1ccccc1. The Labute approximate surface area is 175 Å². The van der Waals surface area contributed by atoms with Gasteiger partial charge < -0.3 is 14.9 Å². The molecule has 0 saturated heterocycles. The Morgan fingerprint density at radius 2 is 1.30 bits per heavy atom. The molecule has 1 aliphatic rings. The standard InChI is InChI=1S/C26H22O4/c1-30-25-21(18-11-5-2-6-12-18)17-22(24(27)20-15-9-4-10-16-20)26(28,29)23(25)19-13-7-3-8-14-19/h2-17,22,28-29H,1H3. The van der Waals surface area contributed by atoms with E-state index in [1.807, 2.05) is 42.5 Å². The molecule has 0 bridgehead atoms. The summed E-state index contributed by atoms with van der Waals surface area (Å²) >= 11 is 0. The summed E-state index contributed by atoms with van der Waals surface area (Å²) in [5.41, 5.74) is 2.62. The predicted octanol–water partition coefficient (Wildman–Crippen LogP) is 4.32. The van der Waals surface area contributed by atoms with Gasteiger partial charge >= 0.3 is 0 Å². The van der Waals surface area contributed by atoms with Gasteiger partial charge in [-0.05, 0) is 11.1 Å². The number of rotatable bonds is 5. The van der Waals surface area contributed by atoms with Crippen LogP contribution >= 0.6 is 0 Å². The maximum atomic E-state index is 13.3. The van der Waals surface area contributed by atoms with E-state index in [0.29, 0.717) is 22.5 Å². The number of hydrogen-bond donors (Lipinski definition) is 2. The summed E-state index contributed by atoms with van der Waals surface area (Å²) in [4.78, 5) is 13.3. The molecule has 1 aliphatic carbocycles. The summed E-state index contributed by atoms with van der Waals surface area (Å²) < 4.78 is 5.67. The molecule has 0 amide bonds. The first-order valence-electron chi connectivity index (χ1n) is 9.70. The molecule has 0 aliphatic heterocycles. The fourth-order valence-corrected chi connectivity index (χ4v) is 3.86. The number of Topliss-reactive ketones (excluding diaryl/α,β-unsaturated/α-hetero) is 1. The Hall–Kier alpha value is -3.47. The number of benzene rings is 3. The van der Waals surface area contributed by atoms with Crippen LogP contribution < -0.4 is 0 Å². The van der Waals surface area contributed by atoms with Gasteiger partial charge in [-0.1, -0.05) is 97.1 Å². The van der Waals surface area contributed by atoms with Gasteiger partial charge in [0.05, 0.1) is 18.6 Å². The molecule has 0 aromatic heterocycles. The largest absolute Gasteiger partial charge is 0.496 e. The highest BCUT2D eigenvalue weighted by atomic mass is 16.5. The Kier molecular flexibility index (Phi) is 5.36. The average molecular weight is 398 g/mol. The minimum atomic E-state index is -2.45. The lowest BCUT2D eigenvalue weighted by Gasteiger charge is -2.37. The highest BCUT2D eigenvalue weighted by Gasteiger charge is 2.48. The molecule has 3 aromatic carbocycles. The van der Waals surface area contributed by atoms with E-state index >= 15 is 0 Å². The van der Waals surface area contributed by atoms with Gasteiger partial charge in [-0.2, -0.15) is 0 Å². The van der Waals surface area contributed by atoms with E-state index in [1.54, 1.807) is 54.6 Å². The van der Waals surface area contributed by atoms with Crippen LogP contribution in [-0.4, -0.2) is 28.9 Å². The first kappa shape index (κ1) is 19.8. The van der Waals surface area contributed by atoms with E-state index in [9.17, 15) is 15.0 Å². The minimum absolute atomic E-state index is 0.168. The van der Waals surface area contributed by atoms with Crippen LogP contribution in [0.1, 0.15) is 21.5 Å². The van der Waals surface area contributed by atoms with Gasteiger partial charge in [-0.25, -0.2) is 0 Å². The van der Waals surface area contributed by atoms with Gasteiger partial charge in [-0.15, -0.1) is 0 Å². The fourth-order valence-electron chi connectivity index (χ4n) is 3.86. The molecule has 0 spiro atoms. The molecule has 0 radical (unpaired) electrons. The van der Waals surface area contributed by atoms with E-state index in [0.717, 1.165) is 5.56 Å². The maximum Gasteiger partial charge on any atom is 0.208 e. The summed E-state index contributed by atoms with van der Waals surface area (Å²) in [5.74, 6) is -3.70. The minimum Gasteiger partial charge on any atom is -0.496 e. The second kappa shape index (κ2) is 8.11. The molecule has 1 atom stereocenters. The van der Waals surface area contributed by atoms with Crippen molar-refractivity contribution in [1.29, 1.82) is 0 Å². The summed E-state index contributed by atoms with van der Waals surface area (Å²) in [6, 6.07) is 27.1. The van der Waals surface area contributed by atoms with Gasteiger partial charge in [0.1, 0.15) is 5.76 Å². The zero-order chi connectivity index (χ0) is 21.1. The first-order chi connectivity index (χ1) is 14.5. The third kappa shape index (κ3) is 3.47. The Morgan fingerprint density at radius 1 is 0.800 bits per heavy atom. The van der Waals surface area contributed by atoms with Crippen LogP contribution in [0.25, 0.3) is 11.1 Å². The zero-order valence-corrected chi connectivity index (χ0v) is 16.5. The van der Waals surface area contributed by atoms with E-state index < -0.39 is 11.7 Å². The molecule has 4 heteroatoms. The Bertz CT molecular complexity index is 1100. The highest BCUT2D eigenvalue weighted by molar-refractivity contribution is 6.05. The molecule has 0 saturated carbocycles. The van der Waals surface area contributed by atoms with E-state index in [4.69, 9.17) is 4.74 Å². The molecule has 30 heavy (non-hydrogen) atoms. The van der Waals surface area contributed by atoms with Crippen molar-refractivity contribution < 1.29 is 19.7 Å². The second-order valence-electron chi connectivity index (χ2n) is 7.15. The van der Waals surface area contributed by atoms with Crippen molar-refractivity contribution in [2.24, 2.45) is 5.92 Å². The van der Waals surface area contributed by atoms with Crippen molar-refractivity contribution in [2.75, 3.05) is 7.11 Å². The van der Waals surface area contributed by atoms with Crippen LogP contribution in [0, 0.1) is 5.92 Å². The summed E-state index contributed by atoms with van der Waals surface area (Å²) in [6.07, 6.45) is 1.59. The van der Waals surface area contributed by atoms with Crippen molar-refractivity contribution >= 4 is 16.9 Å². The molecular formula is C26H22O4.